The number of hydrogen-bond donors (Lipinski definition) is 0. The minimum atomic E-state index is 0.275. The molecule has 0 bridgehead atoms. The first kappa shape index (κ1) is 23.4. The van der Waals surface area contributed by atoms with E-state index in [-0.39, 0.29) is 6.61 Å². The molecule has 4 rings (SSSR count). The van der Waals surface area contributed by atoms with Crippen LogP contribution in [-0.4, -0.2) is 32.5 Å². The Balaban J connectivity index is 1.42. The van der Waals surface area contributed by atoms with Crippen LogP contribution in [0.4, 0.5) is 11.4 Å². The highest BCUT2D eigenvalue weighted by atomic mass is 79.9. The van der Waals surface area contributed by atoms with Crippen LogP contribution in [0.3, 0.4) is 0 Å². The van der Waals surface area contributed by atoms with Gasteiger partial charge in [0.05, 0.1) is 28.4 Å². The van der Waals surface area contributed by atoms with Crippen molar-refractivity contribution < 1.29 is 9.47 Å². The van der Waals surface area contributed by atoms with Crippen LogP contribution in [0.1, 0.15) is 11.1 Å². The van der Waals surface area contributed by atoms with Gasteiger partial charge in [-0.15, -0.1) is 0 Å². The van der Waals surface area contributed by atoms with Crippen LogP contribution in [-0.2, 0) is 11.3 Å². The smallest absolute Gasteiger partial charge is 0.152 e. The van der Waals surface area contributed by atoms with Gasteiger partial charge in [0.15, 0.2) is 5.75 Å². The third kappa shape index (κ3) is 5.97. The lowest BCUT2D eigenvalue weighted by Gasteiger charge is -2.28. The summed E-state index contributed by atoms with van der Waals surface area (Å²) in [6, 6.07) is 17.2. The highest BCUT2D eigenvalue weighted by molar-refractivity contribution is 9.10. The van der Waals surface area contributed by atoms with Gasteiger partial charge in [-0.3, -0.25) is 4.99 Å². The lowest BCUT2D eigenvalue weighted by atomic mass is 10.2. The van der Waals surface area contributed by atoms with Gasteiger partial charge < -0.3 is 14.4 Å². The molecule has 0 atom stereocenters. The second-order valence-electron chi connectivity index (χ2n) is 7.21. The summed E-state index contributed by atoms with van der Waals surface area (Å²) in [5.41, 5.74) is 3.73. The Morgan fingerprint density at radius 2 is 1.72 bits per heavy atom. The molecule has 0 aromatic heterocycles. The highest BCUT2D eigenvalue weighted by Crippen LogP contribution is 2.35. The molecule has 0 unspecified atom stereocenters. The van der Waals surface area contributed by atoms with E-state index in [1.807, 2.05) is 30.3 Å². The monoisotopic (exact) mass is 552 g/mol. The molecule has 1 aliphatic heterocycles. The number of rotatable bonds is 6. The van der Waals surface area contributed by atoms with Gasteiger partial charge in [0.2, 0.25) is 0 Å². The van der Waals surface area contributed by atoms with Gasteiger partial charge in [0, 0.05) is 40.6 Å². The van der Waals surface area contributed by atoms with E-state index in [9.17, 15) is 0 Å². The first-order valence-corrected chi connectivity index (χ1v) is 11.9. The predicted octanol–water partition coefficient (Wildman–Crippen LogP) is 7.58. The molecular formula is C24H20BrCl3N2O2. The maximum absolute atomic E-state index is 6.47. The molecule has 0 amide bonds. The molecular weight excluding hydrogens is 535 g/mol. The van der Waals surface area contributed by atoms with Crippen LogP contribution >= 0.6 is 50.7 Å². The van der Waals surface area contributed by atoms with Gasteiger partial charge in [0.1, 0.15) is 6.61 Å². The molecule has 0 aliphatic carbocycles. The minimum Gasteiger partial charge on any atom is -0.486 e. The Morgan fingerprint density at radius 3 is 2.41 bits per heavy atom. The van der Waals surface area contributed by atoms with Crippen molar-refractivity contribution in [3.8, 4) is 5.75 Å². The Kier molecular flexibility index (Phi) is 7.98. The van der Waals surface area contributed by atoms with E-state index in [1.54, 1.807) is 18.3 Å². The molecule has 4 nitrogen and oxygen atoms in total. The average molecular weight is 555 g/mol. The number of hydrogen-bond acceptors (Lipinski definition) is 4. The molecule has 166 valence electrons. The van der Waals surface area contributed by atoms with Crippen molar-refractivity contribution in [2.24, 2.45) is 4.99 Å². The van der Waals surface area contributed by atoms with Crippen molar-refractivity contribution in [2.45, 2.75) is 6.61 Å². The standard InChI is InChI=1S/C24H20BrCl3N2O2/c25-21-11-16(12-23(28)24(21)32-15-17-1-2-18(26)13-22(17)27)14-29-19-3-5-20(6-4-19)30-7-9-31-10-8-30/h1-6,11-14H,7-10,15H2. The van der Waals surface area contributed by atoms with Crippen molar-refractivity contribution in [2.75, 3.05) is 31.2 Å². The van der Waals surface area contributed by atoms with Crippen molar-refractivity contribution >= 4 is 68.3 Å². The summed E-state index contributed by atoms with van der Waals surface area (Å²) in [6.45, 7) is 3.63. The highest BCUT2D eigenvalue weighted by Gasteiger charge is 2.12. The zero-order valence-corrected chi connectivity index (χ0v) is 20.9. The van der Waals surface area contributed by atoms with Gasteiger partial charge in [-0.05, 0) is 70.0 Å². The van der Waals surface area contributed by atoms with E-state index in [1.165, 1.54) is 5.69 Å². The first-order valence-electron chi connectivity index (χ1n) is 10.0. The van der Waals surface area contributed by atoms with Crippen molar-refractivity contribution in [3.05, 3.63) is 85.3 Å². The van der Waals surface area contributed by atoms with E-state index in [0.717, 1.165) is 47.6 Å². The second-order valence-corrected chi connectivity index (χ2v) is 9.32. The fourth-order valence-electron chi connectivity index (χ4n) is 3.30. The van der Waals surface area contributed by atoms with Gasteiger partial charge >= 0.3 is 0 Å². The second kappa shape index (κ2) is 10.9. The molecule has 1 saturated heterocycles. The Morgan fingerprint density at radius 1 is 0.969 bits per heavy atom. The molecule has 0 N–H and O–H groups in total. The molecule has 8 heteroatoms. The van der Waals surface area contributed by atoms with Gasteiger partial charge in [0.25, 0.3) is 0 Å². The molecule has 1 fully saturated rings. The van der Waals surface area contributed by atoms with Gasteiger partial charge in [-0.2, -0.15) is 0 Å². The number of halogens is 4. The van der Waals surface area contributed by atoms with Gasteiger partial charge in [-0.1, -0.05) is 40.9 Å². The average Bonchev–Trinajstić information content (AvgIpc) is 2.79. The fourth-order valence-corrected chi connectivity index (χ4v) is 4.75. The van der Waals surface area contributed by atoms with Crippen molar-refractivity contribution in [3.63, 3.8) is 0 Å². The van der Waals surface area contributed by atoms with E-state index in [4.69, 9.17) is 44.3 Å². The number of aliphatic imine (C=N–C) groups is 1. The summed E-state index contributed by atoms with van der Waals surface area (Å²) in [6.07, 6.45) is 1.78. The molecule has 0 radical (unpaired) electrons. The lowest BCUT2D eigenvalue weighted by Crippen LogP contribution is -2.36. The largest absolute Gasteiger partial charge is 0.486 e. The zero-order valence-electron chi connectivity index (χ0n) is 17.0. The number of ether oxygens (including phenoxy) is 2. The maximum atomic E-state index is 6.47. The van der Waals surface area contributed by atoms with Crippen molar-refractivity contribution in [1.82, 2.24) is 0 Å². The normalized spacial score (nSPS) is 14.2. The van der Waals surface area contributed by atoms with Crippen LogP contribution in [0.15, 0.2) is 64.1 Å². The van der Waals surface area contributed by atoms with Crippen LogP contribution in [0.25, 0.3) is 0 Å². The molecule has 0 saturated carbocycles. The Bertz CT molecular complexity index is 1090. The van der Waals surface area contributed by atoms with E-state index < -0.39 is 0 Å². The number of anilines is 1. The third-order valence-electron chi connectivity index (χ3n) is 5.00. The third-order valence-corrected chi connectivity index (χ3v) is 6.45. The summed E-state index contributed by atoms with van der Waals surface area (Å²) in [5, 5.41) is 1.61. The molecule has 3 aromatic rings. The number of morpholine rings is 1. The van der Waals surface area contributed by atoms with Crippen LogP contribution in [0.2, 0.25) is 15.1 Å². The molecule has 3 aromatic carbocycles. The first-order chi connectivity index (χ1) is 15.5. The summed E-state index contributed by atoms with van der Waals surface area (Å²) >= 11 is 22.2. The minimum absolute atomic E-state index is 0.275. The fraction of sp³-hybridized carbons (Fsp3) is 0.208. The Labute approximate surface area is 210 Å². The molecule has 0 spiro atoms. The lowest BCUT2D eigenvalue weighted by molar-refractivity contribution is 0.122. The van der Waals surface area contributed by atoms with Gasteiger partial charge in [-0.25, -0.2) is 0 Å². The molecule has 1 aliphatic rings. The SMILES string of the molecule is Clc1ccc(COc2c(Cl)cc(C=Nc3ccc(N4CCOCC4)cc3)cc2Br)c(Cl)c1. The van der Waals surface area contributed by atoms with E-state index >= 15 is 0 Å². The van der Waals surface area contributed by atoms with Crippen LogP contribution in [0, 0.1) is 0 Å². The van der Waals surface area contributed by atoms with Crippen molar-refractivity contribution in [1.29, 1.82) is 0 Å². The van der Waals surface area contributed by atoms with E-state index in [2.05, 4.69) is 38.0 Å². The summed E-state index contributed by atoms with van der Waals surface area (Å²) < 4.78 is 12.0. The van der Waals surface area contributed by atoms with Crippen LogP contribution in [0.5, 0.6) is 5.75 Å². The Hall–Kier alpha value is -1.76. The molecule has 1 heterocycles. The predicted molar refractivity (Wildman–Crippen MR) is 137 cm³/mol. The zero-order chi connectivity index (χ0) is 22.5. The summed E-state index contributed by atoms with van der Waals surface area (Å²) in [5.74, 6) is 0.546. The number of nitrogens with zero attached hydrogens (tertiary/aromatic N) is 2. The quantitative estimate of drug-likeness (QED) is 0.295. The molecule has 32 heavy (non-hydrogen) atoms. The summed E-state index contributed by atoms with van der Waals surface area (Å²) in [4.78, 5) is 6.88. The van der Waals surface area contributed by atoms with E-state index in [0.29, 0.717) is 20.8 Å². The maximum Gasteiger partial charge on any atom is 0.152 e. The topological polar surface area (TPSA) is 34.1 Å². The van der Waals surface area contributed by atoms with Crippen LogP contribution < -0.4 is 9.64 Å². The summed E-state index contributed by atoms with van der Waals surface area (Å²) in [7, 11) is 0. The number of benzene rings is 3.